The van der Waals surface area contributed by atoms with Gasteiger partial charge in [-0.1, -0.05) is 30.3 Å². The van der Waals surface area contributed by atoms with E-state index in [1.165, 1.54) is 11.1 Å². The van der Waals surface area contributed by atoms with Crippen molar-refractivity contribution in [2.45, 2.75) is 26.3 Å². The summed E-state index contributed by atoms with van der Waals surface area (Å²) in [5, 5.41) is 8.20. The van der Waals surface area contributed by atoms with Crippen molar-refractivity contribution in [1.82, 2.24) is 5.01 Å². The fraction of sp³-hybridized carbons (Fsp3) is 0.250. The number of rotatable bonds is 2. The Bertz CT molecular complexity index is 661. The highest BCUT2D eigenvalue weighted by atomic mass is 32.1. The van der Waals surface area contributed by atoms with Gasteiger partial charge >= 0.3 is 0 Å². The molecule has 3 nitrogen and oxygen atoms in total. The SMILES string of the molecule is CC(=O)N1N=C(c2cccs2)C[C@H]1c1ccccc1C. The van der Waals surface area contributed by atoms with Crippen LogP contribution in [0.5, 0.6) is 0 Å². The molecule has 1 atom stereocenters. The number of nitrogens with zero attached hydrogens (tertiary/aromatic N) is 2. The van der Waals surface area contributed by atoms with Crippen LogP contribution in [-0.2, 0) is 4.79 Å². The Balaban J connectivity index is 1.98. The first-order valence-electron chi connectivity index (χ1n) is 6.63. The molecule has 0 aliphatic carbocycles. The van der Waals surface area contributed by atoms with Crippen LogP contribution >= 0.6 is 11.3 Å². The predicted octanol–water partition coefficient (Wildman–Crippen LogP) is 3.75. The van der Waals surface area contributed by atoms with Gasteiger partial charge in [-0.15, -0.1) is 11.3 Å². The van der Waals surface area contributed by atoms with Crippen LogP contribution in [-0.4, -0.2) is 16.6 Å². The van der Waals surface area contributed by atoms with E-state index in [1.54, 1.807) is 23.3 Å². The van der Waals surface area contributed by atoms with E-state index in [-0.39, 0.29) is 11.9 Å². The van der Waals surface area contributed by atoms with Gasteiger partial charge in [0.15, 0.2) is 0 Å². The minimum absolute atomic E-state index is 0.00944. The topological polar surface area (TPSA) is 32.7 Å². The lowest BCUT2D eigenvalue weighted by atomic mass is 9.97. The fourth-order valence-corrected chi connectivity index (χ4v) is 3.32. The smallest absolute Gasteiger partial charge is 0.240 e. The van der Waals surface area contributed by atoms with Gasteiger partial charge in [0.25, 0.3) is 0 Å². The summed E-state index contributed by atoms with van der Waals surface area (Å²) in [6, 6.07) is 12.3. The van der Waals surface area contributed by atoms with Crippen molar-refractivity contribution >= 4 is 23.0 Å². The minimum Gasteiger partial charge on any atom is -0.273 e. The molecule has 2 heterocycles. The number of hydrogen-bond donors (Lipinski definition) is 0. The molecule has 102 valence electrons. The molecule has 0 unspecified atom stereocenters. The number of aryl methyl sites for hydroxylation is 1. The van der Waals surface area contributed by atoms with Crippen molar-refractivity contribution in [3.8, 4) is 0 Å². The van der Waals surface area contributed by atoms with Crippen molar-refractivity contribution in [3.05, 3.63) is 57.8 Å². The van der Waals surface area contributed by atoms with Crippen LogP contribution in [0.3, 0.4) is 0 Å². The molecule has 1 aliphatic rings. The molecule has 20 heavy (non-hydrogen) atoms. The molecule has 1 aromatic heterocycles. The largest absolute Gasteiger partial charge is 0.273 e. The molecule has 0 N–H and O–H groups in total. The number of carbonyl (C=O) groups excluding carboxylic acids is 1. The normalized spacial score (nSPS) is 18.2. The van der Waals surface area contributed by atoms with E-state index in [2.05, 4.69) is 30.2 Å². The summed E-state index contributed by atoms with van der Waals surface area (Å²) < 4.78 is 0. The second-order valence-corrected chi connectivity index (χ2v) is 5.91. The maximum absolute atomic E-state index is 11.9. The number of hydrazone groups is 1. The van der Waals surface area contributed by atoms with Crippen LogP contribution in [0.25, 0.3) is 0 Å². The number of hydrogen-bond acceptors (Lipinski definition) is 3. The predicted molar refractivity (Wildman–Crippen MR) is 81.9 cm³/mol. The van der Waals surface area contributed by atoms with Gasteiger partial charge < -0.3 is 0 Å². The summed E-state index contributed by atoms with van der Waals surface area (Å²) in [4.78, 5) is 13.0. The van der Waals surface area contributed by atoms with Crippen LogP contribution < -0.4 is 0 Å². The third kappa shape index (κ3) is 2.27. The number of benzene rings is 1. The van der Waals surface area contributed by atoms with Crippen molar-refractivity contribution in [2.24, 2.45) is 5.10 Å². The third-order valence-corrected chi connectivity index (χ3v) is 4.50. The highest BCUT2D eigenvalue weighted by molar-refractivity contribution is 7.12. The lowest BCUT2D eigenvalue weighted by Gasteiger charge is -2.22. The molecule has 0 radical (unpaired) electrons. The zero-order chi connectivity index (χ0) is 14.1. The van der Waals surface area contributed by atoms with Gasteiger partial charge in [-0.05, 0) is 29.5 Å². The summed E-state index contributed by atoms with van der Waals surface area (Å²) in [7, 11) is 0. The second-order valence-electron chi connectivity index (χ2n) is 4.96. The zero-order valence-electron chi connectivity index (χ0n) is 11.5. The first-order valence-corrected chi connectivity index (χ1v) is 7.51. The summed E-state index contributed by atoms with van der Waals surface area (Å²) >= 11 is 1.67. The Morgan fingerprint density at radius 2 is 2.10 bits per heavy atom. The molecular formula is C16H16N2OS. The van der Waals surface area contributed by atoms with Crippen molar-refractivity contribution in [3.63, 3.8) is 0 Å². The van der Waals surface area contributed by atoms with Crippen molar-refractivity contribution < 1.29 is 4.79 Å². The van der Waals surface area contributed by atoms with E-state index in [4.69, 9.17) is 0 Å². The molecule has 4 heteroatoms. The van der Waals surface area contributed by atoms with Gasteiger partial charge in [0.2, 0.25) is 5.91 Å². The molecule has 3 rings (SSSR count). The lowest BCUT2D eigenvalue weighted by molar-refractivity contribution is -0.130. The summed E-state index contributed by atoms with van der Waals surface area (Å²) in [5.74, 6) is -0.00944. The van der Waals surface area contributed by atoms with E-state index in [0.29, 0.717) is 0 Å². The summed E-state index contributed by atoms with van der Waals surface area (Å²) in [6.07, 6.45) is 0.783. The fourth-order valence-electron chi connectivity index (χ4n) is 2.60. The summed E-state index contributed by atoms with van der Waals surface area (Å²) in [6.45, 7) is 3.66. The lowest BCUT2D eigenvalue weighted by Crippen LogP contribution is -2.24. The minimum atomic E-state index is -0.00944. The van der Waals surface area contributed by atoms with Gasteiger partial charge in [-0.25, -0.2) is 5.01 Å². The molecule has 0 bridgehead atoms. The highest BCUT2D eigenvalue weighted by Crippen LogP contribution is 2.34. The van der Waals surface area contributed by atoms with Gasteiger partial charge in [0.05, 0.1) is 16.6 Å². The third-order valence-electron chi connectivity index (χ3n) is 3.59. The monoisotopic (exact) mass is 284 g/mol. The average molecular weight is 284 g/mol. The molecule has 0 saturated heterocycles. The number of thiophene rings is 1. The van der Waals surface area contributed by atoms with Gasteiger partial charge in [-0.3, -0.25) is 4.79 Å². The highest BCUT2D eigenvalue weighted by Gasteiger charge is 2.32. The van der Waals surface area contributed by atoms with E-state index in [9.17, 15) is 4.79 Å². The molecule has 0 saturated carbocycles. The number of amides is 1. The molecule has 0 fully saturated rings. The quantitative estimate of drug-likeness (QED) is 0.826. The maximum atomic E-state index is 11.9. The van der Waals surface area contributed by atoms with Gasteiger partial charge in [0.1, 0.15) is 0 Å². The first kappa shape index (κ1) is 13.1. The van der Waals surface area contributed by atoms with E-state index >= 15 is 0 Å². The molecule has 0 spiro atoms. The number of carbonyl (C=O) groups is 1. The Labute approximate surface area is 122 Å². The Kier molecular flexibility index (Phi) is 3.40. The Morgan fingerprint density at radius 1 is 1.30 bits per heavy atom. The van der Waals surface area contributed by atoms with Crippen LogP contribution in [0.15, 0.2) is 46.9 Å². The van der Waals surface area contributed by atoms with Crippen LogP contribution in [0.2, 0.25) is 0 Å². The van der Waals surface area contributed by atoms with Crippen LogP contribution in [0, 0.1) is 6.92 Å². The van der Waals surface area contributed by atoms with Crippen molar-refractivity contribution in [1.29, 1.82) is 0 Å². The molecular weight excluding hydrogens is 268 g/mol. The average Bonchev–Trinajstić information content (AvgIpc) is 3.08. The first-order chi connectivity index (χ1) is 9.66. The second kappa shape index (κ2) is 5.21. The molecule has 1 aliphatic heterocycles. The molecule has 2 aromatic rings. The Hall–Kier alpha value is -1.94. The van der Waals surface area contributed by atoms with Crippen LogP contribution in [0.1, 0.15) is 35.4 Å². The van der Waals surface area contributed by atoms with Crippen molar-refractivity contribution in [2.75, 3.05) is 0 Å². The van der Waals surface area contributed by atoms with Gasteiger partial charge in [-0.2, -0.15) is 5.10 Å². The maximum Gasteiger partial charge on any atom is 0.240 e. The van der Waals surface area contributed by atoms with E-state index < -0.39 is 0 Å². The zero-order valence-corrected chi connectivity index (χ0v) is 12.4. The molecule has 1 aromatic carbocycles. The van der Waals surface area contributed by atoms with Gasteiger partial charge in [0, 0.05) is 13.3 Å². The summed E-state index contributed by atoms with van der Waals surface area (Å²) in [5.41, 5.74) is 3.38. The molecule has 1 amide bonds. The van der Waals surface area contributed by atoms with E-state index in [1.807, 2.05) is 23.6 Å². The standard InChI is InChI=1S/C16H16N2OS/c1-11-6-3-4-7-13(11)15-10-14(16-8-5-9-20-16)17-18(15)12(2)19/h3-9,15H,10H2,1-2H3/t15-/m0/s1. The van der Waals surface area contributed by atoms with E-state index in [0.717, 1.165) is 17.0 Å². The van der Waals surface area contributed by atoms with Crippen LogP contribution in [0.4, 0.5) is 0 Å². The Morgan fingerprint density at radius 3 is 2.75 bits per heavy atom.